The number of hydrogen-bond acceptors (Lipinski definition) is 2. The van der Waals surface area contributed by atoms with Gasteiger partial charge in [-0.05, 0) is 48.9 Å². The molecule has 3 rings (SSSR count). The van der Waals surface area contributed by atoms with Gasteiger partial charge in [0.25, 0.3) is 0 Å². The molecule has 2 nitrogen and oxygen atoms in total. The molecule has 0 aliphatic rings. The van der Waals surface area contributed by atoms with Gasteiger partial charge in [0, 0.05) is 32.4 Å². The molecule has 3 aromatic rings. The van der Waals surface area contributed by atoms with Crippen LogP contribution in [0.1, 0.15) is 16.7 Å². The van der Waals surface area contributed by atoms with Gasteiger partial charge in [-0.3, -0.25) is 4.99 Å². The van der Waals surface area contributed by atoms with E-state index in [0.29, 0.717) is 27.4 Å². The van der Waals surface area contributed by atoms with Crippen molar-refractivity contribution in [1.82, 2.24) is 0 Å². The Labute approximate surface area is 168 Å². The van der Waals surface area contributed by atoms with Gasteiger partial charge < -0.3 is 4.74 Å². The van der Waals surface area contributed by atoms with Crippen molar-refractivity contribution in [3.63, 3.8) is 0 Å². The fraction of sp³-hybridized carbons (Fsp3) is 0.0952. The highest BCUT2D eigenvalue weighted by Gasteiger charge is 2.06. The van der Waals surface area contributed by atoms with Gasteiger partial charge in [-0.2, -0.15) is 0 Å². The maximum Gasteiger partial charge on any atom is 0.128 e. The average Bonchev–Trinajstić information content (AvgIpc) is 2.63. The topological polar surface area (TPSA) is 21.6 Å². The van der Waals surface area contributed by atoms with Gasteiger partial charge in [0.15, 0.2) is 0 Å². The molecule has 0 bridgehead atoms. The molecular weight excluding hydrogens is 389 g/mol. The molecule has 0 heterocycles. The number of benzene rings is 3. The second-order valence-corrected chi connectivity index (χ2v) is 7.03. The van der Waals surface area contributed by atoms with Crippen molar-refractivity contribution >= 4 is 46.7 Å². The van der Waals surface area contributed by atoms with Gasteiger partial charge in [0.1, 0.15) is 12.4 Å². The van der Waals surface area contributed by atoms with Crippen molar-refractivity contribution in [3.05, 3.63) is 92.4 Å². The first-order valence-corrected chi connectivity index (χ1v) is 9.12. The number of ether oxygens (including phenoxy) is 1. The quantitative estimate of drug-likeness (QED) is 0.409. The van der Waals surface area contributed by atoms with Crippen molar-refractivity contribution in [2.45, 2.75) is 13.5 Å². The molecule has 0 fully saturated rings. The molecule has 0 spiro atoms. The Morgan fingerprint density at radius 2 is 1.65 bits per heavy atom. The Morgan fingerprint density at radius 3 is 2.46 bits per heavy atom. The van der Waals surface area contributed by atoms with Gasteiger partial charge in [-0.25, -0.2) is 0 Å². The van der Waals surface area contributed by atoms with Crippen LogP contribution in [0.4, 0.5) is 5.69 Å². The summed E-state index contributed by atoms with van der Waals surface area (Å²) < 4.78 is 5.94. The van der Waals surface area contributed by atoms with Crippen LogP contribution < -0.4 is 4.74 Å². The molecule has 0 aromatic heterocycles. The predicted octanol–water partition coefficient (Wildman–Crippen LogP) is 7.28. The molecular formula is C21H16Cl3NO. The van der Waals surface area contributed by atoms with E-state index in [2.05, 4.69) is 4.99 Å². The highest BCUT2D eigenvalue weighted by Crippen LogP contribution is 2.26. The monoisotopic (exact) mass is 403 g/mol. The maximum absolute atomic E-state index is 6.19. The SMILES string of the molecule is Cc1ccc(Cl)cc1N=Cc1cc(Cl)ccc1OCc1ccccc1Cl. The minimum absolute atomic E-state index is 0.359. The number of rotatable bonds is 5. The fourth-order valence-electron chi connectivity index (χ4n) is 2.38. The number of hydrogen-bond donors (Lipinski definition) is 0. The van der Waals surface area contributed by atoms with E-state index in [9.17, 15) is 0 Å². The first-order valence-electron chi connectivity index (χ1n) is 7.99. The van der Waals surface area contributed by atoms with Gasteiger partial charge in [-0.15, -0.1) is 0 Å². The van der Waals surface area contributed by atoms with Crippen molar-refractivity contribution in [2.24, 2.45) is 4.99 Å². The van der Waals surface area contributed by atoms with Gasteiger partial charge in [0.05, 0.1) is 5.69 Å². The Kier molecular flexibility index (Phi) is 6.20. The number of halogens is 3. The number of nitrogens with zero attached hydrogens (tertiary/aromatic N) is 1. The molecule has 0 amide bonds. The molecule has 5 heteroatoms. The Morgan fingerprint density at radius 1 is 0.923 bits per heavy atom. The van der Waals surface area contributed by atoms with E-state index in [-0.39, 0.29) is 0 Å². The average molecular weight is 405 g/mol. The summed E-state index contributed by atoms with van der Waals surface area (Å²) in [7, 11) is 0. The molecule has 0 radical (unpaired) electrons. The van der Waals surface area contributed by atoms with Crippen LogP contribution in [-0.4, -0.2) is 6.21 Å². The van der Waals surface area contributed by atoms with Crippen LogP contribution in [0.3, 0.4) is 0 Å². The van der Waals surface area contributed by atoms with Gasteiger partial charge in [0.2, 0.25) is 0 Å². The minimum Gasteiger partial charge on any atom is -0.488 e. The number of aliphatic imine (C=N–C) groups is 1. The second kappa shape index (κ2) is 8.59. The van der Waals surface area contributed by atoms with Gasteiger partial charge in [-0.1, -0.05) is 59.1 Å². The molecule has 0 saturated heterocycles. The summed E-state index contributed by atoms with van der Waals surface area (Å²) in [5.41, 5.74) is 3.53. The van der Waals surface area contributed by atoms with Crippen molar-refractivity contribution in [3.8, 4) is 5.75 Å². The normalized spacial score (nSPS) is 11.1. The predicted molar refractivity (Wildman–Crippen MR) is 111 cm³/mol. The molecule has 0 saturated carbocycles. The Balaban J connectivity index is 1.85. The zero-order valence-electron chi connectivity index (χ0n) is 14.0. The lowest BCUT2D eigenvalue weighted by Gasteiger charge is -2.11. The van der Waals surface area contributed by atoms with E-state index >= 15 is 0 Å². The third-order valence-corrected chi connectivity index (χ3v) is 4.67. The third-order valence-electron chi connectivity index (χ3n) is 3.83. The summed E-state index contributed by atoms with van der Waals surface area (Å²) in [6.07, 6.45) is 1.73. The molecule has 0 aliphatic heterocycles. The molecule has 3 aromatic carbocycles. The lowest BCUT2D eigenvalue weighted by atomic mass is 10.2. The molecule has 0 aliphatic carbocycles. The minimum atomic E-state index is 0.359. The van der Waals surface area contributed by atoms with Crippen molar-refractivity contribution in [1.29, 1.82) is 0 Å². The maximum atomic E-state index is 6.19. The van der Waals surface area contributed by atoms with Crippen LogP contribution in [0.15, 0.2) is 65.7 Å². The van der Waals surface area contributed by atoms with Crippen molar-refractivity contribution in [2.75, 3.05) is 0 Å². The first-order chi connectivity index (χ1) is 12.5. The zero-order chi connectivity index (χ0) is 18.5. The molecule has 0 atom stereocenters. The third kappa shape index (κ3) is 4.79. The fourth-order valence-corrected chi connectivity index (χ4v) is 2.92. The van der Waals surface area contributed by atoms with E-state index in [4.69, 9.17) is 39.5 Å². The summed E-state index contributed by atoms with van der Waals surface area (Å²) in [6, 6.07) is 18.6. The lowest BCUT2D eigenvalue weighted by Crippen LogP contribution is -1.99. The standard InChI is InChI=1S/C21H16Cl3NO/c1-14-6-7-18(23)11-20(14)25-12-16-10-17(22)8-9-21(16)26-13-15-4-2-3-5-19(15)24/h2-12H,13H2,1H3. The zero-order valence-corrected chi connectivity index (χ0v) is 16.3. The summed E-state index contributed by atoms with van der Waals surface area (Å²) >= 11 is 18.4. The summed E-state index contributed by atoms with van der Waals surface area (Å²) in [4.78, 5) is 4.54. The molecule has 132 valence electrons. The van der Waals surface area contributed by atoms with E-state index in [1.807, 2.05) is 61.5 Å². The first kappa shape index (κ1) is 18.8. The second-order valence-electron chi connectivity index (χ2n) is 5.75. The Hall–Kier alpha value is -2.00. The Bertz CT molecular complexity index is 954. The van der Waals surface area contributed by atoms with E-state index in [0.717, 1.165) is 22.4 Å². The largest absolute Gasteiger partial charge is 0.488 e. The van der Waals surface area contributed by atoms with Crippen LogP contribution in [0.5, 0.6) is 5.75 Å². The van der Waals surface area contributed by atoms with Crippen LogP contribution in [0.2, 0.25) is 15.1 Å². The highest BCUT2D eigenvalue weighted by molar-refractivity contribution is 6.31. The van der Waals surface area contributed by atoms with Crippen molar-refractivity contribution < 1.29 is 4.74 Å². The highest BCUT2D eigenvalue weighted by atomic mass is 35.5. The molecule has 26 heavy (non-hydrogen) atoms. The van der Waals surface area contributed by atoms with E-state index in [1.165, 1.54) is 0 Å². The lowest BCUT2D eigenvalue weighted by molar-refractivity contribution is 0.306. The smallest absolute Gasteiger partial charge is 0.128 e. The van der Waals surface area contributed by atoms with Gasteiger partial charge >= 0.3 is 0 Å². The molecule has 0 unspecified atom stereocenters. The van der Waals surface area contributed by atoms with E-state index in [1.54, 1.807) is 12.3 Å². The summed E-state index contributed by atoms with van der Waals surface area (Å²) in [5.74, 6) is 0.678. The molecule has 0 N–H and O–H groups in total. The summed E-state index contributed by atoms with van der Waals surface area (Å²) in [6.45, 7) is 2.34. The summed E-state index contributed by atoms with van der Waals surface area (Å²) in [5, 5.41) is 1.93. The van der Waals surface area contributed by atoms with Crippen LogP contribution in [0.25, 0.3) is 0 Å². The van der Waals surface area contributed by atoms with Crippen LogP contribution in [-0.2, 0) is 6.61 Å². The van der Waals surface area contributed by atoms with E-state index < -0.39 is 0 Å². The van der Waals surface area contributed by atoms with Crippen LogP contribution in [0, 0.1) is 6.92 Å². The number of aryl methyl sites for hydroxylation is 1. The van der Waals surface area contributed by atoms with Crippen LogP contribution >= 0.6 is 34.8 Å².